The second-order valence-corrected chi connectivity index (χ2v) is 3.95. The van der Waals surface area contributed by atoms with Crippen LogP contribution in [0.5, 0.6) is 5.75 Å². The molecule has 0 spiro atoms. The van der Waals surface area contributed by atoms with Gasteiger partial charge in [-0.1, -0.05) is 12.1 Å². The minimum atomic E-state index is 0.677. The monoisotopic (exact) mass is 247 g/mol. The van der Waals surface area contributed by atoms with E-state index in [9.17, 15) is 0 Å². The van der Waals surface area contributed by atoms with Gasteiger partial charge in [-0.15, -0.1) is 5.10 Å². The molecule has 0 saturated heterocycles. The molecular weight excluding hydrogens is 230 g/mol. The molecule has 96 valence electrons. The lowest BCUT2D eigenvalue weighted by molar-refractivity contribution is 0.414. The van der Waals surface area contributed by atoms with Crippen LogP contribution in [0.2, 0.25) is 0 Å². The van der Waals surface area contributed by atoms with Crippen LogP contribution in [-0.2, 0) is 13.0 Å². The molecule has 0 atom stereocenters. The van der Waals surface area contributed by atoms with Crippen molar-refractivity contribution in [2.24, 2.45) is 0 Å². The molecule has 0 saturated carbocycles. The van der Waals surface area contributed by atoms with E-state index in [0.717, 1.165) is 30.1 Å². The summed E-state index contributed by atoms with van der Waals surface area (Å²) in [5.74, 6) is 1.74. The van der Waals surface area contributed by atoms with E-state index in [-0.39, 0.29) is 0 Å². The highest BCUT2D eigenvalue weighted by Gasteiger charge is 2.06. The molecule has 1 aromatic heterocycles. The molecule has 0 fully saturated rings. The summed E-state index contributed by atoms with van der Waals surface area (Å²) in [4.78, 5) is 0. The van der Waals surface area contributed by atoms with Crippen molar-refractivity contribution in [2.45, 2.75) is 13.0 Å². The molecule has 0 bridgehead atoms. The first-order valence-corrected chi connectivity index (χ1v) is 5.86. The fourth-order valence-corrected chi connectivity index (χ4v) is 1.67. The van der Waals surface area contributed by atoms with Crippen molar-refractivity contribution in [3.8, 4) is 5.75 Å². The predicted molar refractivity (Wildman–Crippen MR) is 67.5 cm³/mol. The van der Waals surface area contributed by atoms with Crippen molar-refractivity contribution in [3.63, 3.8) is 0 Å². The van der Waals surface area contributed by atoms with Crippen LogP contribution in [-0.4, -0.2) is 40.9 Å². The molecule has 1 heterocycles. The first-order chi connectivity index (χ1) is 8.83. The van der Waals surface area contributed by atoms with Crippen LogP contribution >= 0.6 is 0 Å². The van der Waals surface area contributed by atoms with E-state index in [2.05, 4.69) is 20.8 Å². The number of nitrogens with zero attached hydrogens (tertiary/aromatic N) is 4. The third-order valence-corrected chi connectivity index (χ3v) is 2.70. The Kier molecular flexibility index (Phi) is 4.25. The highest BCUT2D eigenvalue weighted by Crippen LogP contribution is 2.12. The largest absolute Gasteiger partial charge is 0.497 e. The summed E-state index contributed by atoms with van der Waals surface area (Å²) in [6, 6.07) is 7.91. The summed E-state index contributed by atoms with van der Waals surface area (Å²) in [6.07, 6.45) is 0.819. The zero-order valence-electron chi connectivity index (χ0n) is 10.6. The Morgan fingerprint density at radius 1 is 1.28 bits per heavy atom. The highest BCUT2D eigenvalue weighted by molar-refractivity contribution is 5.27. The van der Waals surface area contributed by atoms with Crippen LogP contribution in [0.25, 0.3) is 0 Å². The molecule has 0 unspecified atom stereocenters. The standard InChI is InChI=1S/C12H17N5O/c1-13-8-7-12-14-15-16-17(12)9-10-3-5-11(18-2)6-4-10/h3-6,13H,7-9H2,1-2H3. The van der Waals surface area contributed by atoms with Crippen LogP contribution in [0, 0.1) is 0 Å². The number of ether oxygens (including phenoxy) is 1. The van der Waals surface area contributed by atoms with Gasteiger partial charge in [-0.3, -0.25) is 0 Å². The number of hydrogen-bond acceptors (Lipinski definition) is 5. The van der Waals surface area contributed by atoms with Crippen molar-refractivity contribution in [1.82, 2.24) is 25.5 Å². The fourth-order valence-electron chi connectivity index (χ4n) is 1.67. The number of tetrazole rings is 1. The maximum Gasteiger partial charge on any atom is 0.152 e. The third-order valence-electron chi connectivity index (χ3n) is 2.70. The van der Waals surface area contributed by atoms with Gasteiger partial charge in [0.05, 0.1) is 13.7 Å². The van der Waals surface area contributed by atoms with Gasteiger partial charge >= 0.3 is 0 Å². The third kappa shape index (κ3) is 3.04. The van der Waals surface area contributed by atoms with Crippen LogP contribution in [0.4, 0.5) is 0 Å². The summed E-state index contributed by atoms with van der Waals surface area (Å²) < 4.78 is 6.94. The van der Waals surface area contributed by atoms with E-state index in [1.54, 1.807) is 7.11 Å². The maximum atomic E-state index is 5.13. The average Bonchev–Trinajstić information content (AvgIpc) is 2.84. The molecule has 0 aliphatic rings. The number of methoxy groups -OCH3 is 1. The first-order valence-electron chi connectivity index (χ1n) is 5.86. The molecule has 0 radical (unpaired) electrons. The molecule has 0 aliphatic carbocycles. The van der Waals surface area contributed by atoms with Crippen LogP contribution in [0.1, 0.15) is 11.4 Å². The molecule has 2 aromatic rings. The molecule has 0 amide bonds. The Morgan fingerprint density at radius 2 is 2.06 bits per heavy atom. The smallest absolute Gasteiger partial charge is 0.152 e. The quantitative estimate of drug-likeness (QED) is 0.805. The van der Waals surface area contributed by atoms with Gasteiger partial charge in [0.15, 0.2) is 5.82 Å². The number of hydrogen-bond donors (Lipinski definition) is 1. The Hall–Kier alpha value is -1.95. The van der Waals surface area contributed by atoms with Gasteiger partial charge < -0.3 is 10.1 Å². The van der Waals surface area contributed by atoms with Gasteiger partial charge in [-0.25, -0.2) is 4.68 Å². The molecule has 6 nitrogen and oxygen atoms in total. The minimum absolute atomic E-state index is 0.677. The number of rotatable bonds is 6. The summed E-state index contributed by atoms with van der Waals surface area (Å²) in [7, 11) is 3.57. The van der Waals surface area contributed by atoms with Crippen molar-refractivity contribution in [3.05, 3.63) is 35.7 Å². The highest BCUT2D eigenvalue weighted by atomic mass is 16.5. The van der Waals surface area contributed by atoms with E-state index in [1.165, 1.54) is 0 Å². The number of benzene rings is 1. The maximum absolute atomic E-state index is 5.13. The Balaban J connectivity index is 2.05. The van der Waals surface area contributed by atoms with Gasteiger partial charge in [0.25, 0.3) is 0 Å². The van der Waals surface area contributed by atoms with E-state index in [0.29, 0.717) is 6.54 Å². The zero-order valence-corrected chi connectivity index (χ0v) is 10.6. The van der Waals surface area contributed by atoms with Crippen molar-refractivity contribution in [1.29, 1.82) is 0 Å². The predicted octanol–water partition coefficient (Wildman–Crippen LogP) is 0.492. The van der Waals surface area contributed by atoms with Crippen LogP contribution in [0.15, 0.2) is 24.3 Å². The first kappa shape index (κ1) is 12.5. The normalized spacial score (nSPS) is 10.6. The van der Waals surface area contributed by atoms with Gasteiger partial charge in [0.2, 0.25) is 0 Å². The molecule has 6 heteroatoms. The van der Waals surface area contributed by atoms with Gasteiger partial charge in [0, 0.05) is 13.0 Å². The van der Waals surface area contributed by atoms with Gasteiger partial charge in [-0.05, 0) is 35.2 Å². The van der Waals surface area contributed by atoms with Crippen LogP contribution in [0.3, 0.4) is 0 Å². The SMILES string of the molecule is CNCCc1nnnn1Cc1ccc(OC)cc1. The van der Waals surface area contributed by atoms with Gasteiger partial charge in [0.1, 0.15) is 5.75 Å². The molecule has 2 rings (SSSR count). The number of likely N-dealkylation sites (N-methyl/N-ethyl adjacent to an activating group) is 1. The lowest BCUT2D eigenvalue weighted by Crippen LogP contribution is -2.15. The molecule has 1 aromatic carbocycles. The lowest BCUT2D eigenvalue weighted by Gasteiger charge is -2.05. The van der Waals surface area contributed by atoms with E-state index >= 15 is 0 Å². The summed E-state index contributed by atoms with van der Waals surface area (Å²) >= 11 is 0. The average molecular weight is 247 g/mol. The van der Waals surface area contributed by atoms with Gasteiger partial charge in [-0.2, -0.15) is 0 Å². The Bertz CT molecular complexity index is 479. The summed E-state index contributed by atoms with van der Waals surface area (Å²) in [5.41, 5.74) is 1.15. The summed E-state index contributed by atoms with van der Waals surface area (Å²) in [6.45, 7) is 1.54. The zero-order chi connectivity index (χ0) is 12.8. The van der Waals surface area contributed by atoms with E-state index in [1.807, 2.05) is 36.0 Å². The van der Waals surface area contributed by atoms with Crippen LogP contribution < -0.4 is 10.1 Å². The number of aromatic nitrogens is 4. The van der Waals surface area contributed by atoms with E-state index < -0.39 is 0 Å². The minimum Gasteiger partial charge on any atom is -0.497 e. The number of nitrogens with one attached hydrogen (secondary N) is 1. The Morgan fingerprint density at radius 3 is 2.72 bits per heavy atom. The van der Waals surface area contributed by atoms with Crippen molar-refractivity contribution >= 4 is 0 Å². The molecular formula is C12H17N5O. The molecule has 0 aliphatic heterocycles. The summed E-state index contributed by atoms with van der Waals surface area (Å²) in [5, 5.41) is 14.8. The second kappa shape index (κ2) is 6.11. The Labute approximate surface area is 106 Å². The second-order valence-electron chi connectivity index (χ2n) is 3.95. The lowest BCUT2D eigenvalue weighted by atomic mass is 10.2. The van der Waals surface area contributed by atoms with E-state index in [4.69, 9.17) is 4.74 Å². The molecule has 18 heavy (non-hydrogen) atoms. The molecule has 1 N–H and O–H groups in total. The fraction of sp³-hybridized carbons (Fsp3) is 0.417. The topological polar surface area (TPSA) is 64.9 Å². The van der Waals surface area contributed by atoms with Crippen molar-refractivity contribution in [2.75, 3.05) is 20.7 Å². The van der Waals surface area contributed by atoms with Crippen molar-refractivity contribution < 1.29 is 4.74 Å².